The number of benzene rings is 1. The Balaban J connectivity index is 2.53. The summed E-state index contributed by atoms with van der Waals surface area (Å²) in [5.41, 5.74) is 1.58. The topological polar surface area (TPSA) is 35.5 Å². The van der Waals surface area contributed by atoms with Crippen molar-refractivity contribution < 1.29 is 14.3 Å². The number of ether oxygens (including phenoxy) is 2. The highest BCUT2D eigenvalue weighted by atomic mass is 79.9. The molecule has 0 aliphatic carbocycles. The van der Waals surface area contributed by atoms with Gasteiger partial charge in [0.05, 0.1) is 19.3 Å². The van der Waals surface area contributed by atoms with Crippen molar-refractivity contribution in [2.45, 2.75) is 33.3 Å². The van der Waals surface area contributed by atoms with Gasteiger partial charge in [0.25, 0.3) is 0 Å². The van der Waals surface area contributed by atoms with Gasteiger partial charge >= 0.3 is 5.97 Å². The van der Waals surface area contributed by atoms with Crippen LogP contribution in [-0.2, 0) is 16.1 Å². The summed E-state index contributed by atoms with van der Waals surface area (Å²) in [6, 6.07) is 5.41. The van der Waals surface area contributed by atoms with Crippen LogP contribution >= 0.6 is 15.9 Å². The number of esters is 1. The molecule has 0 aliphatic heterocycles. The van der Waals surface area contributed by atoms with Crippen molar-refractivity contribution in [3.8, 4) is 0 Å². The number of carbonyl (C=O) groups is 1. The molecule has 0 aliphatic rings. The van der Waals surface area contributed by atoms with E-state index < -0.39 is 0 Å². The summed E-state index contributed by atoms with van der Waals surface area (Å²) in [6.07, 6.45) is 2.37. The zero-order valence-corrected chi connectivity index (χ0v) is 13.3. The highest BCUT2D eigenvalue weighted by molar-refractivity contribution is 9.10. The number of carbonyl (C=O) groups excluding carboxylic acids is 1. The molecule has 0 fully saturated rings. The van der Waals surface area contributed by atoms with Gasteiger partial charge in [0.2, 0.25) is 0 Å². The van der Waals surface area contributed by atoms with Crippen molar-refractivity contribution in [3.63, 3.8) is 0 Å². The summed E-state index contributed by atoms with van der Waals surface area (Å²) in [7, 11) is 1.38. The van der Waals surface area contributed by atoms with E-state index in [9.17, 15) is 4.79 Å². The van der Waals surface area contributed by atoms with Crippen LogP contribution in [0.1, 0.15) is 42.6 Å². The molecule has 1 atom stereocenters. The third-order valence-corrected chi connectivity index (χ3v) is 3.65. The molecule has 106 valence electrons. The van der Waals surface area contributed by atoms with Crippen molar-refractivity contribution in [2.24, 2.45) is 5.92 Å². The molecule has 19 heavy (non-hydrogen) atoms. The molecule has 0 heterocycles. The number of hydrogen-bond acceptors (Lipinski definition) is 3. The molecule has 0 aromatic heterocycles. The fraction of sp³-hybridized carbons (Fsp3) is 0.533. The van der Waals surface area contributed by atoms with Gasteiger partial charge in [-0.05, 0) is 30.0 Å². The molecule has 0 N–H and O–H groups in total. The minimum atomic E-state index is -0.329. The molecule has 4 heteroatoms. The standard InChI is InChI=1S/C15H21BrO3/c1-4-5-11(2)9-19-10-13-7-6-12(8-14(13)16)15(17)18-3/h6-8,11H,4-5,9-10H2,1-3H3. The third-order valence-electron chi connectivity index (χ3n) is 2.92. The van der Waals surface area contributed by atoms with Gasteiger partial charge < -0.3 is 9.47 Å². The van der Waals surface area contributed by atoms with Crippen LogP contribution in [0.25, 0.3) is 0 Å². The number of rotatable bonds is 7. The van der Waals surface area contributed by atoms with Gasteiger partial charge in [-0.1, -0.05) is 42.3 Å². The summed E-state index contributed by atoms with van der Waals surface area (Å²) in [4.78, 5) is 11.4. The summed E-state index contributed by atoms with van der Waals surface area (Å²) < 4.78 is 11.2. The fourth-order valence-corrected chi connectivity index (χ4v) is 2.35. The molecule has 1 unspecified atom stereocenters. The molecule has 1 aromatic rings. The van der Waals surface area contributed by atoms with E-state index in [0.717, 1.165) is 16.6 Å². The van der Waals surface area contributed by atoms with Crippen LogP contribution in [-0.4, -0.2) is 19.7 Å². The van der Waals surface area contributed by atoms with Gasteiger partial charge in [0, 0.05) is 11.1 Å². The molecule has 0 saturated heterocycles. The zero-order valence-electron chi connectivity index (χ0n) is 11.7. The lowest BCUT2D eigenvalue weighted by molar-refractivity contribution is 0.0600. The van der Waals surface area contributed by atoms with Crippen molar-refractivity contribution in [3.05, 3.63) is 33.8 Å². The van der Waals surface area contributed by atoms with Crippen LogP contribution in [0.3, 0.4) is 0 Å². The van der Waals surface area contributed by atoms with E-state index >= 15 is 0 Å². The molecule has 0 bridgehead atoms. The Morgan fingerprint density at radius 3 is 2.74 bits per heavy atom. The van der Waals surface area contributed by atoms with Crippen LogP contribution in [0.15, 0.2) is 22.7 Å². The van der Waals surface area contributed by atoms with Crippen molar-refractivity contribution >= 4 is 21.9 Å². The normalized spacial score (nSPS) is 12.2. The number of methoxy groups -OCH3 is 1. The van der Waals surface area contributed by atoms with Crippen molar-refractivity contribution in [1.29, 1.82) is 0 Å². The molecule has 0 spiro atoms. The number of hydrogen-bond donors (Lipinski definition) is 0. The first-order valence-corrected chi connectivity index (χ1v) is 7.32. The molecule has 0 amide bonds. The van der Waals surface area contributed by atoms with E-state index in [0.29, 0.717) is 18.1 Å². The van der Waals surface area contributed by atoms with Gasteiger partial charge in [0.15, 0.2) is 0 Å². The second kappa shape index (κ2) is 8.33. The minimum Gasteiger partial charge on any atom is -0.465 e. The quantitative estimate of drug-likeness (QED) is 0.704. The van der Waals surface area contributed by atoms with Gasteiger partial charge in [-0.2, -0.15) is 0 Å². The smallest absolute Gasteiger partial charge is 0.337 e. The van der Waals surface area contributed by atoms with Crippen LogP contribution in [0, 0.1) is 5.92 Å². The Kier molecular flexibility index (Phi) is 7.10. The molecular weight excluding hydrogens is 308 g/mol. The van der Waals surface area contributed by atoms with E-state index in [-0.39, 0.29) is 5.97 Å². The highest BCUT2D eigenvalue weighted by Gasteiger charge is 2.09. The van der Waals surface area contributed by atoms with Crippen molar-refractivity contribution in [1.82, 2.24) is 0 Å². The lowest BCUT2D eigenvalue weighted by atomic mass is 10.1. The van der Waals surface area contributed by atoms with Gasteiger partial charge in [-0.3, -0.25) is 0 Å². The van der Waals surface area contributed by atoms with E-state index in [2.05, 4.69) is 34.5 Å². The van der Waals surface area contributed by atoms with Crippen LogP contribution in [0.4, 0.5) is 0 Å². The van der Waals surface area contributed by atoms with Crippen molar-refractivity contribution in [2.75, 3.05) is 13.7 Å². The first-order chi connectivity index (χ1) is 9.08. The van der Waals surface area contributed by atoms with E-state index in [1.54, 1.807) is 12.1 Å². The SMILES string of the molecule is CCCC(C)COCc1ccc(C(=O)OC)cc1Br. The van der Waals surface area contributed by atoms with Gasteiger partial charge in [-0.25, -0.2) is 4.79 Å². The first-order valence-electron chi connectivity index (χ1n) is 6.53. The average Bonchev–Trinajstić information content (AvgIpc) is 2.40. The Morgan fingerprint density at radius 2 is 2.16 bits per heavy atom. The third kappa shape index (κ3) is 5.33. The summed E-state index contributed by atoms with van der Waals surface area (Å²) >= 11 is 3.45. The Bertz CT molecular complexity index is 418. The fourth-order valence-electron chi connectivity index (χ4n) is 1.86. The minimum absolute atomic E-state index is 0.329. The second-order valence-electron chi connectivity index (χ2n) is 4.71. The second-order valence-corrected chi connectivity index (χ2v) is 5.56. The molecule has 1 aromatic carbocycles. The lowest BCUT2D eigenvalue weighted by Crippen LogP contribution is -2.06. The molecule has 3 nitrogen and oxygen atoms in total. The summed E-state index contributed by atoms with van der Waals surface area (Å²) in [6.45, 7) is 5.69. The van der Waals surface area contributed by atoms with Gasteiger partial charge in [0.1, 0.15) is 0 Å². The predicted octanol–water partition coefficient (Wildman–Crippen LogP) is 4.19. The van der Waals surface area contributed by atoms with E-state index in [1.165, 1.54) is 20.0 Å². The molecule has 0 saturated carbocycles. The maximum absolute atomic E-state index is 11.4. The van der Waals surface area contributed by atoms with Crippen LogP contribution < -0.4 is 0 Å². The maximum Gasteiger partial charge on any atom is 0.337 e. The Morgan fingerprint density at radius 1 is 1.42 bits per heavy atom. The maximum atomic E-state index is 11.4. The first kappa shape index (κ1) is 16.2. The molecule has 1 rings (SSSR count). The Labute approximate surface area is 123 Å². The monoisotopic (exact) mass is 328 g/mol. The molecular formula is C15H21BrO3. The molecule has 0 radical (unpaired) electrons. The van der Waals surface area contributed by atoms with E-state index in [1.807, 2.05) is 6.07 Å². The van der Waals surface area contributed by atoms with Gasteiger partial charge in [-0.15, -0.1) is 0 Å². The summed E-state index contributed by atoms with van der Waals surface area (Å²) in [5, 5.41) is 0. The largest absolute Gasteiger partial charge is 0.465 e. The zero-order chi connectivity index (χ0) is 14.3. The predicted molar refractivity (Wildman–Crippen MR) is 79.2 cm³/mol. The lowest BCUT2D eigenvalue weighted by Gasteiger charge is -2.12. The number of halogens is 1. The summed E-state index contributed by atoms with van der Waals surface area (Å²) in [5.74, 6) is 0.253. The highest BCUT2D eigenvalue weighted by Crippen LogP contribution is 2.20. The van der Waals surface area contributed by atoms with E-state index in [4.69, 9.17) is 4.74 Å². The van der Waals surface area contributed by atoms with Crippen LogP contribution in [0.5, 0.6) is 0 Å². The Hall–Kier alpha value is -0.870. The average molecular weight is 329 g/mol. The van der Waals surface area contributed by atoms with Crippen LogP contribution in [0.2, 0.25) is 0 Å².